The highest BCUT2D eigenvalue weighted by atomic mass is 16.6. The molecule has 1 aliphatic rings. The number of anilines is 1. The van der Waals surface area contributed by atoms with Crippen molar-refractivity contribution in [2.24, 2.45) is 0 Å². The highest BCUT2D eigenvalue weighted by Crippen LogP contribution is 2.16. The molecule has 90 valence electrons. The van der Waals surface area contributed by atoms with Crippen LogP contribution >= 0.6 is 0 Å². The molecule has 2 rings (SSSR count). The maximum absolute atomic E-state index is 12.0. The van der Waals surface area contributed by atoms with Crippen molar-refractivity contribution in [3.8, 4) is 0 Å². The Morgan fingerprint density at radius 1 is 1.53 bits per heavy atom. The zero-order valence-electron chi connectivity index (χ0n) is 9.77. The summed E-state index contributed by atoms with van der Waals surface area (Å²) < 4.78 is 4.70. The molecule has 5 heteroatoms. The number of hydrogen-bond acceptors (Lipinski definition) is 3. The van der Waals surface area contributed by atoms with Crippen molar-refractivity contribution in [2.75, 3.05) is 18.6 Å². The van der Waals surface area contributed by atoms with Crippen molar-refractivity contribution < 1.29 is 14.3 Å². The summed E-state index contributed by atoms with van der Waals surface area (Å²) in [6, 6.07) is 7.02. The van der Waals surface area contributed by atoms with Crippen LogP contribution < -0.4 is 10.2 Å². The zero-order valence-corrected chi connectivity index (χ0v) is 9.77. The zero-order chi connectivity index (χ0) is 12.4. The molecule has 2 amide bonds. The van der Waals surface area contributed by atoms with Gasteiger partial charge in [-0.2, -0.15) is 0 Å². The van der Waals surface area contributed by atoms with Gasteiger partial charge in [0.25, 0.3) is 5.91 Å². The van der Waals surface area contributed by atoms with E-state index in [1.165, 1.54) is 4.90 Å². The fourth-order valence-corrected chi connectivity index (χ4v) is 1.72. The van der Waals surface area contributed by atoms with Crippen molar-refractivity contribution in [1.29, 1.82) is 0 Å². The van der Waals surface area contributed by atoms with Crippen LogP contribution in [0.5, 0.6) is 0 Å². The summed E-state index contributed by atoms with van der Waals surface area (Å²) in [5, 5.41) is 2.47. The maximum Gasteiger partial charge on any atom is 0.407 e. The number of hydrogen-bond donors (Lipinski definition) is 1. The molecule has 1 unspecified atom stereocenters. The molecule has 0 spiro atoms. The fraction of sp³-hybridized carbons (Fsp3) is 0.333. The van der Waals surface area contributed by atoms with E-state index in [0.717, 1.165) is 11.3 Å². The lowest BCUT2D eigenvalue weighted by Crippen LogP contribution is -2.44. The summed E-state index contributed by atoms with van der Waals surface area (Å²) in [6.45, 7) is 2.05. The lowest BCUT2D eigenvalue weighted by atomic mass is 10.2. The first-order chi connectivity index (χ1) is 8.08. The van der Waals surface area contributed by atoms with E-state index < -0.39 is 12.1 Å². The third kappa shape index (κ3) is 2.38. The molecule has 17 heavy (non-hydrogen) atoms. The predicted octanol–water partition coefficient (Wildman–Crippen LogP) is 1.07. The minimum Gasteiger partial charge on any atom is -0.447 e. The van der Waals surface area contributed by atoms with Crippen LogP contribution in [0.2, 0.25) is 0 Å². The quantitative estimate of drug-likeness (QED) is 0.832. The van der Waals surface area contributed by atoms with Crippen LogP contribution in [0.1, 0.15) is 5.56 Å². The first-order valence-corrected chi connectivity index (χ1v) is 5.35. The number of cyclic esters (lactones) is 1. The SMILES string of the molecule is Cc1cccc(N(C)C(=O)C2COC(=O)N2)c1. The lowest BCUT2D eigenvalue weighted by Gasteiger charge is -2.20. The lowest BCUT2D eigenvalue weighted by molar-refractivity contribution is -0.120. The topological polar surface area (TPSA) is 58.6 Å². The van der Waals surface area contributed by atoms with E-state index in [4.69, 9.17) is 4.74 Å². The van der Waals surface area contributed by atoms with E-state index in [2.05, 4.69) is 5.32 Å². The number of carbonyl (C=O) groups excluding carboxylic acids is 2. The molecule has 0 saturated carbocycles. The first-order valence-electron chi connectivity index (χ1n) is 5.35. The number of carbonyl (C=O) groups is 2. The number of alkyl carbamates (subject to hydrolysis) is 1. The Morgan fingerprint density at radius 2 is 2.29 bits per heavy atom. The molecule has 0 aliphatic carbocycles. The molecule has 1 aromatic rings. The van der Waals surface area contributed by atoms with E-state index in [-0.39, 0.29) is 12.5 Å². The van der Waals surface area contributed by atoms with Gasteiger partial charge in [0.1, 0.15) is 12.6 Å². The van der Waals surface area contributed by atoms with E-state index in [0.29, 0.717) is 0 Å². The van der Waals surface area contributed by atoms with Crippen molar-refractivity contribution in [3.05, 3.63) is 29.8 Å². The van der Waals surface area contributed by atoms with Crippen LogP contribution in [0, 0.1) is 6.92 Å². The van der Waals surface area contributed by atoms with Crippen LogP contribution in [0.15, 0.2) is 24.3 Å². The van der Waals surface area contributed by atoms with Gasteiger partial charge in [0.15, 0.2) is 0 Å². The Morgan fingerprint density at radius 3 is 2.88 bits per heavy atom. The molecule has 5 nitrogen and oxygen atoms in total. The Labute approximate surface area is 99.4 Å². The predicted molar refractivity (Wildman–Crippen MR) is 62.9 cm³/mol. The van der Waals surface area contributed by atoms with E-state index in [1.54, 1.807) is 7.05 Å². The summed E-state index contributed by atoms with van der Waals surface area (Å²) in [4.78, 5) is 24.4. The van der Waals surface area contributed by atoms with Gasteiger partial charge in [0.2, 0.25) is 0 Å². The number of nitrogens with zero attached hydrogens (tertiary/aromatic N) is 1. The molecular weight excluding hydrogens is 220 g/mol. The third-order valence-corrected chi connectivity index (χ3v) is 2.69. The molecule has 1 saturated heterocycles. The number of ether oxygens (including phenoxy) is 1. The Kier molecular flexibility index (Phi) is 2.99. The normalized spacial score (nSPS) is 18.5. The Hall–Kier alpha value is -2.04. The number of nitrogens with one attached hydrogen (secondary N) is 1. The van der Waals surface area contributed by atoms with Crippen molar-refractivity contribution in [1.82, 2.24) is 5.32 Å². The summed E-state index contributed by atoms with van der Waals surface area (Å²) in [6.07, 6.45) is -0.541. The number of rotatable bonds is 2. The van der Waals surface area contributed by atoms with Crippen LogP contribution in [-0.4, -0.2) is 31.7 Å². The van der Waals surface area contributed by atoms with E-state index in [9.17, 15) is 9.59 Å². The third-order valence-electron chi connectivity index (χ3n) is 2.69. The van der Waals surface area contributed by atoms with Gasteiger partial charge in [-0.15, -0.1) is 0 Å². The van der Waals surface area contributed by atoms with Crippen LogP contribution in [0.3, 0.4) is 0 Å². The average molecular weight is 234 g/mol. The van der Waals surface area contributed by atoms with Crippen molar-refractivity contribution in [2.45, 2.75) is 13.0 Å². The fourth-order valence-electron chi connectivity index (χ4n) is 1.72. The largest absolute Gasteiger partial charge is 0.447 e. The van der Waals surface area contributed by atoms with E-state index >= 15 is 0 Å². The summed E-state index contributed by atoms with van der Waals surface area (Å²) >= 11 is 0. The summed E-state index contributed by atoms with van der Waals surface area (Å²) in [7, 11) is 1.68. The van der Waals surface area contributed by atoms with Gasteiger partial charge in [0, 0.05) is 12.7 Å². The summed E-state index contributed by atoms with van der Waals surface area (Å²) in [5.74, 6) is -0.179. The smallest absolute Gasteiger partial charge is 0.407 e. The highest BCUT2D eigenvalue weighted by molar-refractivity contribution is 5.99. The Bertz CT molecular complexity index is 459. The molecule has 0 radical (unpaired) electrons. The number of benzene rings is 1. The molecule has 1 aliphatic heterocycles. The molecule has 1 atom stereocenters. The minimum atomic E-state index is -0.590. The maximum atomic E-state index is 12.0. The van der Waals surface area contributed by atoms with Crippen LogP contribution in [0.4, 0.5) is 10.5 Å². The van der Waals surface area contributed by atoms with Crippen molar-refractivity contribution >= 4 is 17.7 Å². The molecule has 1 N–H and O–H groups in total. The molecule has 0 bridgehead atoms. The van der Waals surface area contributed by atoms with Gasteiger partial charge < -0.3 is 15.0 Å². The minimum absolute atomic E-state index is 0.0911. The molecule has 0 aromatic heterocycles. The number of aryl methyl sites for hydroxylation is 1. The van der Waals surface area contributed by atoms with Gasteiger partial charge in [-0.1, -0.05) is 12.1 Å². The number of amides is 2. The Balaban J connectivity index is 2.12. The van der Waals surface area contributed by atoms with Gasteiger partial charge >= 0.3 is 6.09 Å². The standard InChI is InChI=1S/C12H14N2O3/c1-8-4-3-5-9(6-8)14(2)11(15)10-7-17-12(16)13-10/h3-6,10H,7H2,1-2H3,(H,13,16). The van der Waals surface area contributed by atoms with Crippen LogP contribution in [0.25, 0.3) is 0 Å². The molecule has 1 heterocycles. The van der Waals surface area contributed by atoms with Crippen molar-refractivity contribution in [3.63, 3.8) is 0 Å². The second-order valence-electron chi connectivity index (χ2n) is 4.03. The van der Waals surface area contributed by atoms with Gasteiger partial charge in [-0.3, -0.25) is 4.79 Å². The first kappa shape index (κ1) is 11.4. The summed E-state index contributed by atoms with van der Waals surface area (Å²) in [5.41, 5.74) is 1.88. The van der Waals surface area contributed by atoms with Gasteiger partial charge in [-0.25, -0.2) is 4.79 Å². The van der Waals surface area contributed by atoms with Gasteiger partial charge in [0.05, 0.1) is 0 Å². The monoisotopic (exact) mass is 234 g/mol. The molecule has 1 fully saturated rings. The number of likely N-dealkylation sites (N-methyl/N-ethyl adjacent to an activating group) is 1. The van der Waals surface area contributed by atoms with E-state index in [1.807, 2.05) is 31.2 Å². The second kappa shape index (κ2) is 4.45. The second-order valence-corrected chi connectivity index (χ2v) is 4.03. The average Bonchev–Trinajstić information content (AvgIpc) is 2.74. The molecule has 1 aromatic carbocycles. The van der Waals surface area contributed by atoms with Crippen LogP contribution in [-0.2, 0) is 9.53 Å². The van der Waals surface area contributed by atoms with Gasteiger partial charge in [-0.05, 0) is 24.6 Å². The molecular formula is C12H14N2O3. The highest BCUT2D eigenvalue weighted by Gasteiger charge is 2.31.